The highest BCUT2D eigenvalue weighted by Crippen LogP contribution is 2.15. The number of hydrogen-bond acceptors (Lipinski definition) is 4. The van der Waals surface area contributed by atoms with Gasteiger partial charge in [0.25, 0.3) is 0 Å². The maximum atomic E-state index is 5.97. The molecule has 0 bridgehead atoms. The summed E-state index contributed by atoms with van der Waals surface area (Å²) in [5, 5.41) is 0. The highest BCUT2D eigenvalue weighted by molar-refractivity contribution is 5.98. The molecule has 5 nitrogen and oxygen atoms in total. The van der Waals surface area contributed by atoms with E-state index in [9.17, 15) is 0 Å². The number of nitrogens with two attached hydrogens (primary N) is 1. The Morgan fingerprint density at radius 3 is 2.52 bits per heavy atom. The largest absolute Gasteiger partial charge is 0.384 e. The molecule has 0 fully saturated rings. The molecule has 1 rings (SSSR count). The number of methoxy groups -OCH3 is 1. The topological polar surface area (TPSA) is 63.2 Å². The van der Waals surface area contributed by atoms with E-state index >= 15 is 0 Å². The summed E-state index contributed by atoms with van der Waals surface area (Å²) in [5.41, 5.74) is 8.94. The summed E-state index contributed by atoms with van der Waals surface area (Å²) in [5.74, 6) is 0.638. The number of likely N-dealkylation sites (N-methyl/N-ethyl adjacent to an activating group) is 1. The Morgan fingerprint density at radius 2 is 1.96 bits per heavy atom. The second-order valence-corrected chi connectivity index (χ2v) is 5.25. The number of allylic oxidation sites excluding steroid dienone is 4. The number of ether oxygens (including phenoxy) is 1. The van der Waals surface area contributed by atoms with Crippen LogP contribution in [0.2, 0.25) is 0 Å². The number of hydrogen-bond donors (Lipinski definition) is 1. The Labute approximate surface area is 167 Å². The Bertz CT molecular complexity index is 543. The van der Waals surface area contributed by atoms with E-state index in [1.54, 1.807) is 13.4 Å². The molecule has 0 saturated heterocycles. The zero-order valence-electron chi connectivity index (χ0n) is 18.5. The lowest BCUT2D eigenvalue weighted by Gasteiger charge is -2.14. The van der Waals surface area contributed by atoms with Crippen LogP contribution in [-0.2, 0) is 4.74 Å². The van der Waals surface area contributed by atoms with E-state index in [1.165, 1.54) is 0 Å². The van der Waals surface area contributed by atoms with Gasteiger partial charge in [-0.3, -0.25) is 9.98 Å². The van der Waals surface area contributed by atoms with Crippen molar-refractivity contribution in [3.05, 3.63) is 47.7 Å². The molecular formula is C22H40N4O. The van der Waals surface area contributed by atoms with Crippen LogP contribution in [0.15, 0.2) is 57.7 Å². The monoisotopic (exact) mass is 376 g/mol. The van der Waals surface area contributed by atoms with E-state index in [2.05, 4.69) is 22.6 Å². The molecule has 0 saturated carbocycles. The maximum Gasteiger partial charge on any atom is 0.121 e. The van der Waals surface area contributed by atoms with Gasteiger partial charge in [-0.1, -0.05) is 46.4 Å². The van der Waals surface area contributed by atoms with E-state index in [4.69, 9.17) is 10.5 Å². The fourth-order valence-electron chi connectivity index (χ4n) is 1.99. The van der Waals surface area contributed by atoms with Crippen molar-refractivity contribution in [1.82, 2.24) is 4.90 Å². The molecule has 2 N–H and O–H groups in total. The Hall–Kier alpha value is -2.14. The molecule has 0 amide bonds. The van der Waals surface area contributed by atoms with E-state index in [0.29, 0.717) is 12.4 Å². The minimum atomic E-state index is 0.542. The quantitative estimate of drug-likeness (QED) is 0.378. The van der Waals surface area contributed by atoms with Gasteiger partial charge >= 0.3 is 0 Å². The normalized spacial score (nSPS) is 15.7. The molecule has 0 spiro atoms. The third kappa shape index (κ3) is 12.8. The maximum absolute atomic E-state index is 5.97. The van der Waals surface area contributed by atoms with E-state index < -0.39 is 0 Å². The molecule has 0 unspecified atom stereocenters. The molecule has 1 aliphatic rings. The molecule has 1 heterocycles. The van der Waals surface area contributed by atoms with Gasteiger partial charge in [-0.25, -0.2) is 0 Å². The standard InChI is InChI=1S/C18H28N4O.2C2H6/c1-5-20-14-22(3)15(2)8-9-16(10-12-23-4)13-17-7-6-11-21-18(17)19;2*1-2/h8-10,13-14H,2,5-7,11-12H2,1,3-4H3,(H2,19,21);2*1-2H3/b9-8-,16-10+,17-13+,20-14?;;. The van der Waals surface area contributed by atoms with Crippen molar-refractivity contribution >= 4 is 12.2 Å². The van der Waals surface area contributed by atoms with Crippen molar-refractivity contribution in [1.29, 1.82) is 0 Å². The van der Waals surface area contributed by atoms with Gasteiger partial charge in [0, 0.05) is 32.9 Å². The molecule has 0 aromatic rings. The fraction of sp³-hybridized carbons (Fsp3) is 0.545. The second kappa shape index (κ2) is 18.6. The van der Waals surface area contributed by atoms with E-state index in [1.807, 2.05) is 64.8 Å². The van der Waals surface area contributed by atoms with Gasteiger partial charge in [-0.2, -0.15) is 0 Å². The van der Waals surface area contributed by atoms with Crippen molar-refractivity contribution in [3.63, 3.8) is 0 Å². The van der Waals surface area contributed by atoms with Crippen LogP contribution in [0.4, 0.5) is 0 Å². The first-order valence-electron chi connectivity index (χ1n) is 9.88. The Balaban J connectivity index is 0. The summed E-state index contributed by atoms with van der Waals surface area (Å²) in [6.07, 6.45) is 11.8. The average Bonchev–Trinajstić information content (AvgIpc) is 2.72. The van der Waals surface area contributed by atoms with Gasteiger partial charge in [-0.15, -0.1) is 0 Å². The first-order chi connectivity index (χ1) is 13.1. The minimum absolute atomic E-state index is 0.542. The highest BCUT2D eigenvalue weighted by atomic mass is 16.5. The summed E-state index contributed by atoms with van der Waals surface area (Å²) >= 11 is 0. The van der Waals surface area contributed by atoms with Crippen LogP contribution in [0, 0.1) is 0 Å². The van der Waals surface area contributed by atoms with Gasteiger partial charge in [-0.05, 0) is 43.1 Å². The summed E-state index contributed by atoms with van der Waals surface area (Å²) in [7, 11) is 3.60. The van der Waals surface area contributed by atoms with Crippen LogP contribution in [0.3, 0.4) is 0 Å². The molecule has 1 aliphatic heterocycles. The first kappa shape index (κ1) is 27.1. The van der Waals surface area contributed by atoms with E-state index in [0.717, 1.165) is 42.8 Å². The molecule has 154 valence electrons. The molecule has 5 heteroatoms. The van der Waals surface area contributed by atoms with E-state index in [-0.39, 0.29) is 0 Å². The summed E-state index contributed by atoms with van der Waals surface area (Å²) in [6.45, 7) is 16.1. The van der Waals surface area contributed by atoms with Crippen molar-refractivity contribution in [3.8, 4) is 0 Å². The number of rotatable bonds is 8. The van der Waals surface area contributed by atoms with Gasteiger partial charge in [0.15, 0.2) is 0 Å². The predicted molar refractivity (Wildman–Crippen MR) is 122 cm³/mol. The second-order valence-electron chi connectivity index (χ2n) is 5.25. The van der Waals surface area contributed by atoms with Crippen LogP contribution in [-0.4, -0.2) is 50.9 Å². The van der Waals surface area contributed by atoms with Crippen molar-refractivity contribution < 1.29 is 4.74 Å². The number of amidine groups is 1. The van der Waals surface area contributed by atoms with Crippen molar-refractivity contribution in [2.24, 2.45) is 15.7 Å². The third-order valence-electron chi connectivity index (χ3n) is 3.40. The van der Waals surface area contributed by atoms with Crippen LogP contribution in [0.1, 0.15) is 47.5 Å². The van der Waals surface area contributed by atoms with Crippen LogP contribution < -0.4 is 5.73 Å². The lowest BCUT2D eigenvalue weighted by atomic mass is 10.0. The first-order valence-corrected chi connectivity index (χ1v) is 9.88. The van der Waals surface area contributed by atoms with Crippen LogP contribution in [0.5, 0.6) is 0 Å². The van der Waals surface area contributed by atoms with Crippen molar-refractivity contribution in [2.45, 2.75) is 47.5 Å². The Kier molecular flexibility index (Phi) is 18.7. The molecule has 0 aromatic carbocycles. The van der Waals surface area contributed by atoms with Crippen molar-refractivity contribution in [2.75, 3.05) is 33.9 Å². The summed E-state index contributed by atoms with van der Waals surface area (Å²) < 4.78 is 5.14. The van der Waals surface area contributed by atoms with Gasteiger partial charge < -0.3 is 15.4 Å². The summed E-state index contributed by atoms with van der Waals surface area (Å²) in [6, 6.07) is 0. The number of nitrogens with zero attached hydrogens (tertiary/aromatic N) is 3. The lowest BCUT2D eigenvalue weighted by Crippen LogP contribution is -2.19. The Morgan fingerprint density at radius 1 is 1.30 bits per heavy atom. The average molecular weight is 377 g/mol. The zero-order chi connectivity index (χ0) is 21.1. The third-order valence-corrected chi connectivity index (χ3v) is 3.40. The van der Waals surface area contributed by atoms with Gasteiger partial charge in [0.2, 0.25) is 0 Å². The van der Waals surface area contributed by atoms with Crippen LogP contribution >= 0.6 is 0 Å². The molecule has 0 aromatic heterocycles. The lowest BCUT2D eigenvalue weighted by molar-refractivity contribution is 0.233. The summed E-state index contributed by atoms with van der Waals surface area (Å²) in [4.78, 5) is 10.4. The molecular weight excluding hydrogens is 336 g/mol. The fourth-order valence-corrected chi connectivity index (χ4v) is 1.99. The predicted octanol–water partition coefficient (Wildman–Crippen LogP) is 4.74. The minimum Gasteiger partial charge on any atom is -0.384 e. The molecule has 0 aliphatic carbocycles. The molecule has 27 heavy (non-hydrogen) atoms. The number of aliphatic imine (C=N–C) groups is 2. The molecule has 0 atom stereocenters. The molecule has 0 radical (unpaired) electrons. The SMILES string of the molecule is C=C(\C=C/C(=C\COC)/C=C1\CCCN=C1N)N(C)C=NCC.CC.CC. The van der Waals surface area contributed by atoms with Gasteiger partial charge in [0.1, 0.15) is 5.84 Å². The van der Waals surface area contributed by atoms with Gasteiger partial charge in [0.05, 0.1) is 12.9 Å². The highest BCUT2D eigenvalue weighted by Gasteiger charge is 2.08. The van der Waals surface area contributed by atoms with Crippen LogP contribution in [0.25, 0.3) is 0 Å². The smallest absolute Gasteiger partial charge is 0.121 e. The zero-order valence-corrected chi connectivity index (χ0v) is 18.5.